The number of carbonyl (C=O) groups excluding carboxylic acids is 1. The predicted molar refractivity (Wildman–Crippen MR) is 84.5 cm³/mol. The summed E-state index contributed by atoms with van der Waals surface area (Å²) in [6, 6.07) is 15.8. The molecule has 1 nitrogen and oxygen atoms in total. The summed E-state index contributed by atoms with van der Waals surface area (Å²) in [5, 5.41) is 0.806. The van der Waals surface area contributed by atoms with Gasteiger partial charge in [-0.05, 0) is 36.6 Å². The van der Waals surface area contributed by atoms with E-state index in [1.807, 2.05) is 48.5 Å². The Morgan fingerprint density at radius 2 is 1.80 bits per heavy atom. The number of hydrogen-bond acceptors (Lipinski definition) is 2. The molecule has 1 aliphatic rings. The molecule has 2 aromatic rings. The number of carbonyl (C=O) groups is 1. The summed E-state index contributed by atoms with van der Waals surface area (Å²) in [5.74, 6) is 1.43. The van der Waals surface area contributed by atoms with Crippen molar-refractivity contribution in [1.82, 2.24) is 0 Å². The Morgan fingerprint density at radius 1 is 1.10 bits per heavy atom. The summed E-state index contributed by atoms with van der Waals surface area (Å²) in [4.78, 5) is 13.1. The first-order valence-electron chi connectivity index (χ1n) is 6.74. The second-order valence-corrected chi connectivity index (χ2v) is 6.50. The lowest BCUT2D eigenvalue weighted by molar-refractivity contribution is 0.0967. The van der Waals surface area contributed by atoms with Gasteiger partial charge in [-0.2, -0.15) is 0 Å². The van der Waals surface area contributed by atoms with E-state index in [-0.39, 0.29) is 5.92 Å². The molecule has 0 aliphatic heterocycles. The van der Waals surface area contributed by atoms with Crippen LogP contribution in [-0.2, 0) is 5.75 Å². The first-order chi connectivity index (χ1) is 9.74. The Morgan fingerprint density at radius 3 is 2.45 bits per heavy atom. The normalized spacial score (nSPS) is 14.2. The Balaban J connectivity index is 1.63. The SMILES string of the molecule is O=C(c1ccc(SCc2ccccc2Cl)cc1)C1CC1. The highest BCUT2D eigenvalue weighted by molar-refractivity contribution is 7.98. The summed E-state index contributed by atoms with van der Waals surface area (Å²) >= 11 is 7.88. The fourth-order valence-electron chi connectivity index (χ4n) is 2.07. The average Bonchev–Trinajstić information content (AvgIpc) is 3.31. The van der Waals surface area contributed by atoms with Gasteiger partial charge in [0.15, 0.2) is 5.78 Å². The zero-order chi connectivity index (χ0) is 13.9. The summed E-state index contributed by atoms with van der Waals surface area (Å²) in [6.07, 6.45) is 2.11. The Hall–Kier alpha value is -1.25. The third kappa shape index (κ3) is 3.25. The lowest BCUT2D eigenvalue weighted by Crippen LogP contribution is -2.00. The van der Waals surface area contributed by atoms with Crippen molar-refractivity contribution in [2.75, 3.05) is 0 Å². The quantitative estimate of drug-likeness (QED) is 0.556. The third-order valence-corrected chi connectivity index (χ3v) is 4.87. The lowest BCUT2D eigenvalue weighted by Gasteiger charge is -2.05. The average molecular weight is 303 g/mol. The van der Waals surface area contributed by atoms with Gasteiger partial charge in [0.2, 0.25) is 0 Å². The molecular weight excluding hydrogens is 288 g/mol. The minimum atomic E-state index is 0.289. The Labute approximate surface area is 128 Å². The second kappa shape index (κ2) is 6.02. The van der Waals surface area contributed by atoms with Gasteiger partial charge < -0.3 is 0 Å². The van der Waals surface area contributed by atoms with E-state index < -0.39 is 0 Å². The van der Waals surface area contributed by atoms with Gasteiger partial charge in [0.05, 0.1) is 0 Å². The summed E-state index contributed by atoms with van der Waals surface area (Å²) in [7, 11) is 0. The van der Waals surface area contributed by atoms with E-state index in [1.54, 1.807) is 11.8 Å². The van der Waals surface area contributed by atoms with Gasteiger partial charge in [-0.1, -0.05) is 41.9 Å². The number of hydrogen-bond donors (Lipinski definition) is 0. The zero-order valence-corrected chi connectivity index (χ0v) is 12.6. The molecule has 20 heavy (non-hydrogen) atoms. The van der Waals surface area contributed by atoms with Crippen LogP contribution in [0.15, 0.2) is 53.4 Å². The molecule has 0 radical (unpaired) electrons. The van der Waals surface area contributed by atoms with E-state index in [2.05, 4.69) is 0 Å². The predicted octanol–water partition coefficient (Wildman–Crippen LogP) is 5.23. The lowest BCUT2D eigenvalue weighted by atomic mass is 10.1. The van der Waals surface area contributed by atoms with Crippen LogP contribution in [0.2, 0.25) is 5.02 Å². The number of halogens is 1. The largest absolute Gasteiger partial charge is 0.294 e. The summed E-state index contributed by atoms with van der Waals surface area (Å²) < 4.78 is 0. The number of rotatable bonds is 5. The smallest absolute Gasteiger partial charge is 0.165 e. The van der Waals surface area contributed by atoms with E-state index in [4.69, 9.17) is 11.6 Å². The second-order valence-electron chi connectivity index (χ2n) is 5.04. The molecule has 3 heteroatoms. The highest BCUT2D eigenvalue weighted by atomic mass is 35.5. The highest BCUT2D eigenvalue weighted by Crippen LogP contribution is 2.33. The summed E-state index contributed by atoms with van der Waals surface area (Å²) in [5.41, 5.74) is 1.98. The van der Waals surface area contributed by atoms with Crippen LogP contribution in [0.5, 0.6) is 0 Å². The highest BCUT2D eigenvalue weighted by Gasteiger charge is 2.30. The van der Waals surface area contributed by atoms with Crippen LogP contribution in [-0.4, -0.2) is 5.78 Å². The number of benzene rings is 2. The van der Waals surface area contributed by atoms with Gasteiger partial charge in [-0.15, -0.1) is 11.8 Å². The van der Waals surface area contributed by atoms with Gasteiger partial charge in [0.1, 0.15) is 0 Å². The maximum atomic E-state index is 11.9. The van der Waals surface area contributed by atoms with Gasteiger partial charge in [0.25, 0.3) is 0 Å². The van der Waals surface area contributed by atoms with Crippen LogP contribution in [0.1, 0.15) is 28.8 Å². The monoisotopic (exact) mass is 302 g/mol. The fourth-order valence-corrected chi connectivity index (χ4v) is 3.26. The van der Waals surface area contributed by atoms with E-state index in [9.17, 15) is 4.79 Å². The molecule has 102 valence electrons. The van der Waals surface area contributed by atoms with Crippen LogP contribution in [0, 0.1) is 5.92 Å². The van der Waals surface area contributed by atoms with E-state index in [0.717, 1.165) is 39.6 Å². The summed E-state index contributed by atoms with van der Waals surface area (Å²) in [6.45, 7) is 0. The van der Waals surface area contributed by atoms with Crippen LogP contribution in [0.3, 0.4) is 0 Å². The first kappa shape index (κ1) is 13.7. The van der Waals surface area contributed by atoms with Gasteiger partial charge >= 0.3 is 0 Å². The van der Waals surface area contributed by atoms with Crippen LogP contribution < -0.4 is 0 Å². The van der Waals surface area contributed by atoms with E-state index >= 15 is 0 Å². The first-order valence-corrected chi connectivity index (χ1v) is 8.11. The fraction of sp³-hybridized carbons (Fsp3) is 0.235. The van der Waals surface area contributed by atoms with E-state index in [1.165, 1.54) is 0 Å². The van der Waals surface area contributed by atoms with Crippen molar-refractivity contribution in [1.29, 1.82) is 0 Å². The molecule has 1 saturated carbocycles. The van der Waals surface area contributed by atoms with Gasteiger partial charge in [0, 0.05) is 27.2 Å². The van der Waals surface area contributed by atoms with Gasteiger partial charge in [-0.25, -0.2) is 0 Å². The minimum Gasteiger partial charge on any atom is -0.294 e. The molecular formula is C17H15ClOS. The van der Waals surface area contributed by atoms with Crippen molar-refractivity contribution in [2.45, 2.75) is 23.5 Å². The molecule has 0 aromatic heterocycles. The van der Waals surface area contributed by atoms with E-state index in [0.29, 0.717) is 5.78 Å². The van der Waals surface area contributed by atoms with Crippen molar-refractivity contribution < 1.29 is 4.79 Å². The topological polar surface area (TPSA) is 17.1 Å². The molecule has 0 atom stereocenters. The van der Waals surface area contributed by atoms with Crippen LogP contribution >= 0.6 is 23.4 Å². The van der Waals surface area contributed by atoms with Crippen molar-refractivity contribution in [2.24, 2.45) is 5.92 Å². The standard InChI is InChI=1S/C17H15ClOS/c18-16-4-2-1-3-14(16)11-20-15-9-7-13(8-10-15)17(19)12-5-6-12/h1-4,7-10,12H,5-6,11H2. The zero-order valence-electron chi connectivity index (χ0n) is 11.0. The molecule has 0 spiro atoms. The molecule has 0 saturated heterocycles. The molecule has 1 aliphatic carbocycles. The van der Waals surface area contributed by atoms with Crippen LogP contribution in [0.4, 0.5) is 0 Å². The molecule has 0 bridgehead atoms. The maximum absolute atomic E-state index is 11.9. The van der Waals surface area contributed by atoms with Crippen molar-refractivity contribution in [3.8, 4) is 0 Å². The Kier molecular flexibility index (Phi) is 4.13. The molecule has 0 N–H and O–H groups in total. The van der Waals surface area contributed by atoms with Crippen molar-refractivity contribution >= 4 is 29.1 Å². The molecule has 3 rings (SSSR count). The number of ketones is 1. The minimum absolute atomic E-state index is 0.289. The van der Waals surface area contributed by atoms with Gasteiger partial charge in [-0.3, -0.25) is 4.79 Å². The molecule has 2 aromatic carbocycles. The Bertz CT molecular complexity index is 617. The number of Topliss-reactive ketones (excluding diaryl/α,β-unsaturated/α-hetero) is 1. The van der Waals surface area contributed by atoms with Crippen LogP contribution in [0.25, 0.3) is 0 Å². The molecule has 0 heterocycles. The maximum Gasteiger partial charge on any atom is 0.165 e. The molecule has 0 unspecified atom stereocenters. The molecule has 0 amide bonds. The third-order valence-electron chi connectivity index (χ3n) is 3.44. The van der Waals surface area contributed by atoms with Crippen molar-refractivity contribution in [3.63, 3.8) is 0 Å². The number of thioether (sulfide) groups is 1. The van der Waals surface area contributed by atoms with Crippen molar-refractivity contribution in [3.05, 3.63) is 64.7 Å². The molecule has 1 fully saturated rings.